The van der Waals surface area contributed by atoms with Gasteiger partial charge in [0, 0.05) is 39.8 Å². The summed E-state index contributed by atoms with van der Waals surface area (Å²) in [6.07, 6.45) is 1.04. The molecule has 2 heterocycles. The molecule has 0 aliphatic heterocycles. The number of aryl methyl sites for hydroxylation is 4. The Balaban J connectivity index is 1.42. The van der Waals surface area contributed by atoms with Gasteiger partial charge in [-0.15, -0.1) is 0 Å². The van der Waals surface area contributed by atoms with E-state index in [0.717, 1.165) is 38.8 Å². The average molecular weight is 607 g/mol. The minimum atomic E-state index is -1.14. The zero-order valence-corrected chi connectivity index (χ0v) is 26.0. The van der Waals surface area contributed by atoms with Gasteiger partial charge in [0.2, 0.25) is 11.8 Å². The molecule has 228 valence electrons. The van der Waals surface area contributed by atoms with E-state index in [9.17, 15) is 24.3 Å². The maximum atomic E-state index is 13.0. The number of carbonyl (C=O) groups excluding carboxylic acids is 2. The van der Waals surface area contributed by atoms with E-state index in [1.165, 1.54) is 11.8 Å². The van der Waals surface area contributed by atoms with Crippen molar-refractivity contribution >= 4 is 51.5 Å². The van der Waals surface area contributed by atoms with E-state index in [-0.39, 0.29) is 18.6 Å². The molecule has 2 aromatic carbocycles. The smallest absolute Gasteiger partial charge is 0.339 e. The predicted octanol–water partition coefficient (Wildman–Crippen LogP) is 5.49. The highest BCUT2D eigenvalue weighted by Gasteiger charge is 2.26. The SMILES string of the molecule is CCCC(NC(=O)CCc1c(C)c2cc3c(C)c(C)oc3c(C)c2oc1=O)C(=O)N[C@@H](CSCc1ccccc1)C(=O)O. The second-order valence-corrected chi connectivity index (χ2v) is 11.9. The van der Waals surface area contributed by atoms with Gasteiger partial charge in [-0.05, 0) is 63.3 Å². The number of carboxylic acids is 1. The van der Waals surface area contributed by atoms with Crippen molar-refractivity contribution in [3.05, 3.63) is 80.4 Å². The van der Waals surface area contributed by atoms with E-state index in [1.807, 2.05) is 71.0 Å². The molecular formula is C33H38N2O7S. The van der Waals surface area contributed by atoms with Crippen LogP contribution in [0, 0.1) is 27.7 Å². The number of fused-ring (bicyclic) bond motifs is 2. The Labute approximate surface area is 254 Å². The van der Waals surface area contributed by atoms with Gasteiger partial charge in [-0.2, -0.15) is 11.8 Å². The first-order valence-corrected chi connectivity index (χ1v) is 15.6. The molecule has 9 nitrogen and oxygen atoms in total. The lowest BCUT2D eigenvalue weighted by molar-refractivity contribution is -0.141. The number of benzene rings is 2. The van der Waals surface area contributed by atoms with Crippen LogP contribution in [0.4, 0.5) is 0 Å². The molecular weight excluding hydrogens is 568 g/mol. The number of carbonyl (C=O) groups is 3. The van der Waals surface area contributed by atoms with Crippen molar-refractivity contribution in [3.8, 4) is 0 Å². The normalized spacial score (nSPS) is 12.8. The van der Waals surface area contributed by atoms with Crippen LogP contribution in [-0.2, 0) is 26.6 Å². The summed E-state index contributed by atoms with van der Waals surface area (Å²) in [5.41, 5.74) is 4.61. The largest absolute Gasteiger partial charge is 0.480 e. The molecule has 0 spiro atoms. The molecule has 0 fully saturated rings. The molecule has 0 radical (unpaired) electrons. The van der Waals surface area contributed by atoms with Crippen LogP contribution >= 0.6 is 11.8 Å². The highest BCUT2D eigenvalue weighted by atomic mass is 32.2. The van der Waals surface area contributed by atoms with Crippen molar-refractivity contribution < 1.29 is 28.3 Å². The highest BCUT2D eigenvalue weighted by Crippen LogP contribution is 2.34. The predicted molar refractivity (Wildman–Crippen MR) is 169 cm³/mol. The van der Waals surface area contributed by atoms with Gasteiger partial charge in [0.1, 0.15) is 29.0 Å². The lowest BCUT2D eigenvalue weighted by atomic mass is 9.98. The van der Waals surface area contributed by atoms with Crippen LogP contribution < -0.4 is 16.3 Å². The van der Waals surface area contributed by atoms with Gasteiger partial charge in [0.25, 0.3) is 0 Å². The summed E-state index contributed by atoms with van der Waals surface area (Å²) < 4.78 is 11.6. The monoisotopic (exact) mass is 606 g/mol. The maximum absolute atomic E-state index is 13.0. The Morgan fingerprint density at radius 3 is 2.26 bits per heavy atom. The van der Waals surface area contributed by atoms with Crippen molar-refractivity contribution in [2.24, 2.45) is 0 Å². The quantitative estimate of drug-likeness (QED) is 0.170. The maximum Gasteiger partial charge on any atom is 0.339 e. The third-order valence-electron chi connectivity index (χ3n) is 7.79. The number of rotatable bonds is 13. The van der Waals surface area contributed by atoms with E-state index in [1.54, 1.807) is 0 Å². The molecule has 3 N–H and O–H groups in total. The molecule has 4 aromatic rings. The molecule has 2 amide bonds. The fourth-order valence-electron chi connectivity index (χ4n) is 5.16. The summed E-state index contributed by atoms with van der Waals surface area (Å²) in [7, 11) is 0. The summed E-state index contributed by atoms with van der Waals surface area (Å²) in [6, 6.07) is 9.63. The van der Waals surface area contributed by atoms with Crippen molar-refractivity contribution in [1.82, 2.24) is 10.6 Å². The van der Waals surface area contributed by atoms with Crippen LogP contribution in [0.15, 0.2) is 50.0 Å². The number of hydrogen-bond donors (Lipinski definition) is 3. The van der Waals surface area contributed by atoms with Crippen LogP contribution in [0.25, 0.3) is 21.9 Å². The number of hydrogen-bond acceptors (Lipinski definition) is 7. The number of furan rings is 1. The van der Waals surface area contributed by atoms with Crippen LogP contribution in [0.1, 0.15) is 59.8 Å². The lowest BCUT2D eigenvalue weighted by Gasteiger charge is -2.21. The first kappa shape index (κ1) is 31.9. The number of aliphatic carboxylic acids is 1. The zero-order chi connectivity index (χ0) is 31.3. The minimum Gasteiger partial charge on any atom is -0.480 e. The summed E-state index contributed by atoms with van der Waals surface area (Å²) in [5, 5.41) is 16.7. The second kappa shape index (κ2) is 13.9. The third-order valence-corrected chi connectivity index (χ3v) is 8.89. The van der Waals surface area contributed by atoms with Crippen molar-refractivity contribution in [2.45, 2.75) is 78.1 Å². The molecule has 0 aliphatic carbocycles. The van der Waals surface area contributed by atoms with Gasteiger partial charge in [0.15, 0.2) is 0 Å². The van der Waals surface area contributed by atoms with Gasteiger partial charge in [-0.3, -0.25) is 9.59 Å². The van der Waals surface area contributed by atoms with Gasteiger partial charge in [-0.1, -0.05) is 43.7 Å². The van der Waals surface area contributed by atoms with E-state index in [2.05, 4.69) is 10.6 Å². The molecule has 2 atom stereocenters. The Morgan fingerprint density at radius 1 is 0.907 bits per heavy atom. The fraction of sp³-hybridized carbons (Fsp3) is 0.394. The van der Waals surface area contributed by atoms with Crippen LogP contribution in [-0.4, -0.2) is 40.7 Å². The average Bonchev–Trinajstić information content (AvgIpc) is 3.26. The molecule has 0 saturated carbocycles. The summed E-state index contributed by atoms with van der Waals surface area (Å²) in [4.78, 5) is 50.8. The molecule has 0 aliphatic rings. The van der Waals surface area contributed by atoms with E-state index >= 15 is 0 Å². The summed E-state index contributed by atoms with van der Waals surface area (Å²) in [6.45, 7) is 9.46. The Morgan fingerprint density at radius 2 is 1.58 bits per heavy atom. The second-order valence-electron chi connectivity index (χ2n) is 10.8. The van der Waals surface area contributed by atoms with Crippen molar-refractivity contribution in [2.75, 3.05) is 5.75 Å². The lowest BCUT2D eigenvalue weighted by Crippen LogP contribution is -2.52. The molecule has 1 unspecified atom stereocenters. The van der Waals surface area contributed by atoms with Crippen LogP contribution in [0.3, 0.4) is 0 Å². The molecule has 4 rings (SSSR count). The fourth-order valence-corrected chi connectivity index (χ4v) is 6.17. The molecule has 43 heavy (non-hydrogen) atoms. The van der Waals surface area contributed by atoms with Crippen molar-refractivity contribution in [1.29, 1.82) is 0 Å². The number of carboxylic acid groups (broad SMARTS) is 1. The van der Waals surface area contributed by atoms with Crippen molar-refractivity contribution in [3.63, 3.8) is 0 Å². The first-order valence-electron chi connectivity index (χ1n) is 14.4. The summed E-state index contributed by atoms with van der Waals surface area (Å²) >= 11 is 1.41. The Kier molecular flexibility index (Phi) is 10.3. The molecule has 10 heteroatoms. The van der Waals surface area contributed by atoms with Gasteiger partial charge in [-0.25, -0.2) is 9.59 Å². The van der Waals surface area contributed by atoms with Crippen LogP contribution in [0.5, 0.6) is 0 Å². The molecule has 0 bridgehead atoms. The molecule has 0 saturated heterocycles. The third kappa shape index (κ3) is 7.30. The summed E-state index contributed by atoms with van der Waals surface area (Å²) in [5.74, 6) is -0.494. The standard InChI is InChI=1S/C33H38N2O7S/c1-6-10-26(31(37)35-27(32(38)39)17-43-16-22-11-8-7-9-12-22)34-28(36)14-13-23-19(3)25-15-24-18(2)21(5)41-29(24)20(4)30(25)42-33(23)40/h7-9,11-12,15,26-27H,6,10,13-14,16-17H2,1-5H3,(H,34,36)(H,35,37)(H,38,39)/t26?,27-/m0/s1. The van der Waals surface area contributed by atoms with Gasteiger partial charge >= 0.3 is 11.6 Å². The Bertz CT molecular complexity index is 1710. The number of nitrogens with one attached hydrogen (secondary N) is 2. The zero-order valence-electron chi connectivity index (χ0n) is 25.2. The van der Waals surface area contributed by atoms with E-state index in [0.29, 0.717) is 35.3 Å². The minimum absolute atomic E-state index is 0.0367. The van der Waals surface area contributed by atoms with E-state index < -0.39 is 35.5 Å². The Hall–Kier alpha value is -4.05. The van der Waals surface area contributed by atoms with E-state index in [4.69, 9.17) is 8.83 Å². The topological polar surface area (TPSA) is 139 Å². The highest BCUT2D eigenvalue weighted by molar-refractivity contribution is 7.98. The first-order chi connectivity index (χ1) is 20.5. The molecule has 2 aromatic heterocycles. The van der Waals surface area contributed by atoms with Crippen LogP contribution in [0.2, 0.25) is 0 Å². The van der Waals surface area contributed by atoms with Gasteiger partial charge in [0.05, 0.1) is 0 Å². The number of thioether (sulfide) groups is 1. The van der Waals surface area contributed by atoms with Gasteiger partial charge < -0.3 is 24.6 Å². The number of amides is 2.